The van der Waals surface area contributed by atoms with E-state index in [-0.39, 0.29) is 29.4 Å². The van der Waals surface area contributed by atoms with Crippen LogP contribution in [0, 0.1) is 5.41 Å². The highest BCUT2D eigenvalue weighted by molar-refractivity contribution is 5.79. The lowest BCUT2D eigenvalue weighted by atomic mass is 9.73. The molecule has 1 aliphatic carbocycles. The molecule has 2 unspecified atom stereocenters. The summed E-state index contributed by atoms with van der Waals surface area (Å²) in [6.45, 7) is 2.52. The van der Waals surface area contributed by atoms with Crippen molar-refractivity contribution < 1.29 is 9.90 Å². The Kier molecular flexibility index (Phi) is 5.23. The molecule has 1 fully saturated rings. The standard InChI is InChI=1S/C20H26N2O3/c1-20(11-5-4-8-17(20)23)13-21-18(24)10-9-15-12-14-6-2-3-7-16(14)22-19(15)25/h2-3,6-7,12,17,23H,4-5,8-11,13H2,1H3,(H,21,24)(H,22,25). The fourth-order valence-corrected chi connectivity index (χ4v) is 3.60. The molecule has 5 heteroatoms. The number of H-pyrrole nitrogens is 1. The zero-order chi connectivity index (χ0) is 17.9. The van der Waals surface area contributed by atoms with E-state index < -0.39 is 0 Å². The Hall–Kier alpha value is -2.14. The molecule has 25 heavy (non-hydrogen) atoms. The van der Waals surface area contributed by atoms with E-state index >= 15 is 0 Å². The Morgan fingerprint density at radius 3 is 2.96 bits per heavy atom. The van der Waals surface area contributed by atoms with Gasteiger partial charge in [-0.1, -0.05) is 38.0 Å². The molecule has 1 amide bonds. The van der Waals surface area contributed by atoms with Crippen LogP contribution in [0.1, 0.15) is 44.6 Å². The summed E-state index contributed by atoms with van der Waals surface area (Å²) in [7, 11) is 0. The molecule has 1 aliphatic rings. The van der Waals surface area contributed by atoms with Crippen LogP contribution in [0.25, 0.3) is 10.9 Å². The summed E-state index contributed by atoms with van der Waals surface area (Å²) in [5, 5.41) is 14.1. The summed E-state index contributed by atoms with van der Waals surface area (Å²) in [5.74, 6) is -0.0773. The van der Waals surface area contributed by atoms with Crippen molar-refractivity contribution in [1.29, 1.82) is 0 Å². The summed E-state index contributed by atoms with van der Waals surface area (Å²) in [4.78, 5) is 27.2. The first-order valence-electron chi connectivity index (χ1n) is 9.04. The minimum absolute atomic E-state index is 0.0773. The van der Waals surface area contributed by atoms with Crippen LogP contribution in [-0.4, -0.2) is 28.6 Å². The summed E-state index contributed by atoms with van der Waals surface area (Å²) in [6.07, 6.45) is 4.20. The van der Waals surface area contributed by atoms with Crippen molar-refractivity contribution in [3.05, 3.63) is 46.2 Å². The van der Waals surface area contributed by atoms with Crippen molar-refractivity contribution in [3.8, 4) is 0 Å². The monoisotopic (exact) mass is 342 g/mol. The number of aromatic nitrogens is 1. The van der Waals surface area contributed by atoms with Crippen molar-refractivity contribution in [2.24, 2.45) is 5.41 Å². The van der Waals surface area contributed by atoms with Crippen LogP contribution in [0.2, 0.25) is 0 Å². The zero-order valence-electron chi connectivity index (χ0n) is 14.7. The number of fused-ring (bicyclic) bond motifs is 1. The van der Waals surface area contributed by atoms with Crippen molar-refractivity contribution in [1.82, 2.24) is 10.3 Å². The van der Waals surface area contributed by atoms with Gasteiger partial charge in [-0.25, -0.2) is 0 Å². The fourth-order valence-electron chi connectivity index (χ4n) is 3.60. The average Bonchev–Trinajstić information content (AvgIpc) is 2.61. The topological polar surface area (TPSA) is 82.2 Å². The van der Waals surface area contributed by atoms with Crippen molar-refractivity contribution in [2.75, 3.05) is 6.54 Å². The number of carbonyl (C=O) groups is 1. The van der Waals surface area contributed by atoms with Gasteiger partial charge in [0.1, 0.15) is 0 Å². The highest BCUT2D eigenvalue weighted by Gasteiger charge is 2.35. The Balaban J connectivity index is 1.57. The Morgan fingerprint density at radius 2 is 2.16 bits per heavy atom. The second-order valence-corrected chi connectivity index (χ2v) is 7.40. The fraction of sp³-hybridized carbons (Fsp3) is 0.500. The number of aromatic amines is 1. The third-order valence-corrected chi connectivity index (χ3v) is 5.42. The maximum absolute atomic E-state index is 12.2. The molecule has 1 saturated carbocycles. The molecule has 2 aromatic rings. The molecular weight excluding hydrogens is 316 g/mol. The van der Waals surface area contributed by atoms with Gasteiger partial charge in [0.05, 0.1) is 6.10 Å². The summed E-state index contributed by atoms with van der Waals surface area (Å²) in [5.41, 5.74) is 1.05. The van der Waals surface area contributed by atoms with Crippen LogP contribution in [-0.2, 0) is 11.2 Å². The molecule has 2 atom stereocenters. The van der Waals surface area contributed by atoms with E-state index in [1.165, 1.54) is 0 Å². The van der Waals surface area contributed by atoms with Gasteiger partial charge in [0.15, 0.2) is 0 Å². The summed E-state index contributed by atoms with van der Waals surface area (Å²) >= 11 is 0. The number of rotatable bonds is 5. The summed E-state index contributed by atoms with van der Waals surface area (Å²) < 4.78 is 0. The van der Waals surface area contributed by atoms with E-state index in [9.17, 15) is 14.7 Å². The van der Waals surface area contributed by atoms with Gasteiger partial charge >= 0.3 is 0 Å². The third kappa shape index (κ3) is 4.10. The number of nitrogens with one attached hydrogen (secondary N) is 2. The highest BCUT2D eigenvalue weighted by atomic mass is 16.3. The number of para-hydroxylation sites is 1. The molecule has 3 N–H and O–H groups in total. The molecule has 134 valence electrons. The largest absolute Gasteiger partial charge is 0.392 e. The third-order valence-electron chi connectivity index (χ3n) is 5.42. The first-order valence-corrected chi connectivity index (χ1v) is 9.04. The van der Waals surface area contributed by atoms with Crippen molar-refractivity contribution in [2.45, 2.75) is 51.6 Å². The Bertz CT molecular complexity index is 814. The van der Waals surface area contributed by atoms with Gasteiger partial charge in [0.2, 0.25) is 5.91 Å². The van der Waals surface area contributed by atoms with Crippen molar-refractivity contribution >= 4 is 16.8 Å². The number of hydrogen-bond donors (Lipinski definition) is 3. The molecule has 1 aromatic heterocycles. The smallest absolute Gasteiger partial charge is 0.251 e. The van der Waals surface area contributed by atoms with Crippen LogP contribution in [0.3, 0.4) is 0 Å². The maximum atomic E-state index is 12.2. The Labute approximate surface area is 147 Å². The average molecular weight is 342 g/mol. The molecular formula is C20H26N2O3. The maximum Gasteiger partial charge on any atom is 0.251 e. The molecule has 0 spiro atoms. The molecule has 1 aromatic carbocycles. The second-order valence-electron chi connectivity index (χ2n) is 7.40. The number of carbonyl (C=O) groups excluding carboxylic acids is 1. The van der Waals surface area contributed by atoms with E-state index in [2.05, 4.69) is 10.3 Å². The number of pyridine rings is 1. The van der Waals surface area contributed by atoms with Gasteiger partial charge in [0, 0.05) is 29.5 Å². The Morgan fingerprint density at radius 1 is 1.36 bits per heavy atom. The lowest BCUT2D eigenvalue weighted by Gasteiger charge is -2.38. The second kappa shape index (κ2) is 7.40. The van der Waals surface area contributed by atoms with Crippen LogP contribution in [0.5, 0.6) is 0 Å². The van der Waals surface area contributed by atoms with E-state index in [0.29, 0.717) is 18.5 Å². The van der Waals surface area contributed by atoms with Crippen molar-refractivity contribution in [3.63, 3.8) is 0 Å². The first kappa shape index (κ1) is 17.7. The quantitative estimate of drug-likeness (QED) is 0.781. The van der Waals surface area contributed by atoms with Gasteiger partial charge in [0.25, 0.3) is 5.56 Å². The molecule has 1 heterocycles. The number of aliphatic hydroxyl groups excluding tert-OH is 1. The van der Waals surface area contributed by atoms with Gasteiger partial charge in [-0.05, 0) is 36.8 Å². The van der Waals surface area contributed by atoms with Crippen LogP contribution in [0.4, 0.5) is 0 Å². The van der Waals surface area contributed by atoms with E-state index in [0.717, 1.165) is 36.6 Å². The van der Waals surface area contributed by atoms with Gasteiger partial charge < -0.3 is 15.4 Å². The predicted molar refractivity (Wildman–Crippen MR) is 98.5 cm³/mol. The van der Waals surface area contributed by atoms with E-state index in [4.69, 9.17) is 0 Å². The summed E-state index contributed by atoms with van der Waals surface area (Å²) in [6, 6.07) is 9.47. The molecule has 0 radical (unpaired) electrons. The lowest BCUT2D eigenvalue weighted by Crippen LogP contribution is -2.45. The number of aryl methyl sites for hydroxylation is 1. The van der Waals surface area contributed by atoms with Crippen LogP contribution in [0.15, 0.2) is 35.1 Å². The van der Waals surface area contributed by atoms with Gasteiger partial charge in [-0.15, -0.1) is 0 Å². The number of amides is 1. The highest BCUT2D eigenvalue weighted by Crippen LogP contribution is 2.35. The molecule has 5 nitrogen and oxygen atoms in total. The molecule has 0 bridgehead atoms. The SMILES string of the molecule is CC1(CNC(=O)CCc2cc3ccccc3[nH]c2=O)CCCCC1O. The van der Waals surface area contributed by atoms with E-state index in [1.54, 1.807) is 0 Å². The molecule has 0 saturated heterocycles. The zero-order valence-corrected chi connectivity index (χ0v) is 14.7. The lowest BCUT2D eigenvalue weighted by molar-refractivity contribution is -0.122. The number of hydrogen-bond acceptors (Lipinski definition) is 3. The van der Waals surface area contributed by atoms with E-state index in [1.807, 2.05) is 37.3 Å². The van der Waals surface area contributed by atoms with Gasteiger partial charge in [-0.2, -0.15) is 0 Å². The number of aliphatic hydroxyl groups is 1. The molecule has 0 aliphatic heterocycles. The van der Waals surface area contributed by atoms with Gasteiger partial charge in [-0.3, -0.25) is 9.59 Å². The minimum Gasteiger partial charge on any atom is -0.392 e. The normalized spacial score (nSPS) is 23.5. The minimum atomic E-state index is -0.357. The predicted octanol–water partition coefficient (Wildman–Crippen LogP) is 2.52. The number of benzene rings is 1. The molecule has 3 rings (SSSR count). The van der Waals surface area contributed by atoms with Crippen LogP contribution < -0.4 is 10.9 Å². The van der Waals surface area contributed by atoms with Crippen LogP contribution >= 0.6 is 0 Å². The first-order chi connectivity index (χ1) is 12.0.